The fourth-order valence-electron chi connectivity index (χ4n) is 3.72. The van der Waals surface area contributed by atoms with Gasteiger partial charge in [-0.1, -0.05) is 20.8 Å². The molecule has 0 spiro atoms. The fourth-order valence-corrected chi connectivity index (χ4v) is 3.72. The van der Waals surface area contributed by atoms with Crippen molar-refractivity contribution in [3.8, 4) is 0 Å². The summed E-state index contributed by atoms with van der Waals surface area (Å²) in [4.78, 5) is 2.64. The molecule has 0 aromatic carbocycles. The van der Waals surface area contributed by atoms with Gasteiger partial charge in [-0.15, -0.1) is 0 Å². The monoisotopic (exact) mass is 210 g/mol. The van der Waals surface area contributed by atoms with Crippen LogP contribution in [0.1, 0.15) is 46.5 Å². The number of hydrogen-bond donors (Lipinski definition) is 1. The standard InChI is InChI=1S/C13H26N2/c1-10-6-12(8-13(2,3)7-10)15-5-4-11(14)9-15/h10-12H,4-9,14H2,1-3H3/t10-,11+,12+/m1/s1. The maximum atomic E-state index is 5.99. The molecule has 2 rings (SSSR count). The second-order valence-electron chi connectivity index (χ2n) is 6.61. The van der Waals surface area contributed by atoms with E-state index < -0.39 is 0 Å². The molecule has 2 N–H and O–H groups in total. The molecule has 1 aliphatic carbocycles. The van der Waals surface area contributed by atoms with Crippen LogP contribution in [0, 0.1) is 11.3 Å². The van der Waals surface area contributed by atoms with Gasteiger partial charge in [0.15, 0.2) is 0 Å². The van der Waals surface area contributed by atoms with E-state index in [2.05, 4.69) is 25.7 Å². The quantitative estimate of drug-likeness (QED) is 0.719. The van der Waals surface area contributed by atoms with Crippen molar-refractivity contribution in [2.45, 2.75) is 58.5 Å². The minimum Gasteiger partial charge on any atom is -0.326 e. The van der Waals surface area contributed by atoms with Gasteiger partial charge in [-0.3, -0.25) is 4.90 Å². The fraction of sp³-hybridized carbons (Fsp3) is 1.00. The highest BCUT2D eigenvalue weighted by molar-refractivity contribution is 4.91. The number of hydrogen-bond acceptors (Lipinski definition) is 2. The van der Waals surface area contributed by atoms with Crippen LogP contribution in [0.3, 0.4) is 0 Å². The zero-order valence-electron chi connectivity index (χ0n) is 10.5. The second kappa shape index (κ2) is 4.06. The van der Waals surface area contributed by atoms with Gasteiger partial charge in [0.2, 0.25) is 0 Å². The molecule has 1 saturated heterocycles. The van der Waals surface area contributed by atoms with E-state index in [0.717, 1.165) is 18.5 Å². The summed E-state index contributed by atoms with van der Waals surface area (Å²) in [6.07, 6.45) is 5.34. The molecule has 2 heteroatoms. The van der Waals surface area contributed by atoms with Crippen LogP contribution >= 0.6 is 0 Å². The molecule has 15 heavy (non-hydrogen) atoms. The SMILES string of the molecule is C[C@@H]1C[C@H](N2CC[C@H](N)C2)CC(C)(C)C1. The van der Waals surface area contributed by atoms with Crippen molar-refractivity contribution >= 4 is 0 Å². The van der Waals surface area contributed by atoms with E-state index >= 15 is 0 Å². The number of rotatable bonds is 1. The highest BCUT2D eigenvalue weighted by Crippen LogP contribution is 2.40. The Balaban J connectivity index is 1.97. The van der Waals surface area contributed by atoms with E-state index in [1.165, 1.54) is 32.2 Å². The summed E-state index contributed by atoms with van der Waals surface area (Å²) in [5.41, 5.74) is 6.53. The third-order valence-electron chi connectivity index (χ3n) is 4.14. The third-order valence-corrected chi connectivity index (χ3v) is 4.14. The van der Waals surface area contributed by atoms with Crippen molar-refractivity contribution in [2.24, 2.45) is 17.1 Å². The molecule has 1 saturated carbocycles. The van der Waals surface area contributed by atoms with E-state index in [0.29, 0.717) is 11.5 Å². The Morgan fingerprint density at radius 3 is 2.53 bits per heavy atom. The smallest absolute Gasteiger partial charge is 0.0180 e. The number of nitrogens with zero attached hydrogens (tertiary/aromatic N) is 1. The van der Waals surface area contributed by atoms with Crippen molar-refractivity contribution in [3.05, 3.63) is 0 Å². The van der Waals surface area contributed by atoms with E-state index in [4.69, 9.17) is 5.73 Å². The zero-order valence-corrected chi connectivity index (χ0v) is 10.5. The van der Waals surface area contributed by atoms with Gasteiger partial charge in [0.25, 0.3) is 0 Å². The summed E-state index contributed by atoms with van der Waals surface area (Å²) in [6.45, 7) is 9.61. The molecule has 0 unspecified atom stereocenters. The van der Waals surface area contributed by atoms with E-state index in [-0.39, 0.29) is 0 Å². The Labute approximate surface area is 94.2 Å². The lowest BCUT2D eigenvalue weighted by Crippen LogP contribution is -2.43. The first-order valence-electron chi connectivity index (χ1n) is 6.46. The molecule has 2 aliphatic rings. The Kier molecular flexibility index (Phi) is 3.09. The predicted molar refractivity (Wildman–Crippen MR) is 64.7 cm³/mol. The van der Waals surface area contributed by atoms with Gasteiger partial charge in [-0.05, 0) is 37.0 Å². The van der Waals surface area contributed by atoms with Crippen LogP contribution < -0.4 is 5.73 Å². The minimum absolute atomic E-state index is 0.436. The van der Waals surface area contributed by atoms with Crippen LogP contribution in [0.4, 0.5) is 0 Å². The molecule has 0 bridgehead atoms. The molecular formula is C13H26N2. The van der Waals surface area contributed by atoms with E-state index in [1.807, 2.05) is 0 Å². The second-order valence-corrected chi connectivity index (χ2v) is 6.61. The highest BCUT2D eigenvalue weighted by atomic mass is 15.2. The molecule has 3 atom stereocenters. The summed E-state index contributed by atoms with van der Waals surface area (Å²) >= 11 is 0. The Bertz CT molecular complexity index is 225. The summed E-state index contributed by atoms with van der Waals surface area (Å²) in [5.74, 6) is 0.885. The largest absolute Gasteiger partial charge is 0.326 e. The van der Waals surface area contributed by atoms with Crippen LogP contribution in [-0.2, 0) is 0 Å². The normalized spacial score (nSPS) is 42.0. The van der Waals surface area contributed by atoms with Gasteiger partial charge >= 0.3 is 0 Å². The minimum atomic E-state index is 0.436. The maximum absolute atomic E-state index is 5.99. The molecule has 0 radical (unpaired) electrons. The van der Waals surface area contributed by atoms with Crippen molar-refractivity contribution < 1.29 is 0 Å². The maximum Gasteiger partial charge on any atom is 0.0180 e. The lowest BCUT2D eigenvalue weighted by atomic mass is 9.70. The van der Waals surface area contributed by atoms with Gasteiger partial charge < -0.3 is 5.73 Å². The average Bonchev–Trinajstić information content (AvgIpc) is 2.48. The van der Waals surface area contributed by atoms with Crippen molar-refractivity contribution in [1.82, 2.24) is 4.90 Å². The summed E-state index contributed by atoms with van der Waals surface area (Å²) in [5, 5.41) is 0. The van der Waals surface area contributed by atoms with Crippen LogP contribution in [0.25, 0.3) is 0 Å². The highest BCUT2D eigenvalue weighted by Gasteiger charge is 2.36. The molecule has 1 aliphatic heterocycles. The number of likely N-dealkylation sites (tertiary alicyclic amines) is 1. The van der Waals surface area contributed by atoms with Crippen LogP contribution in [0.5, 0.6) is 0 Å². The van der Waals surface area contributed by atoms with Gasteiger partial charge in [-0.2, -0.15) is 0 Å². The lowest BCUT2D eigenvalue weighted by Gasteiger charge is -2.42. The van der Waals surface area contributed by atoms with Gasteiger partial charge in [0.1, 0.15) is 0 Å². The molecule has 0 aromatic heterocycles. The average molecular weight is 210 g/mol. The molecule has 0 aromatic rings. The zero-order chi connectivity index (χ0) is 11.1. The molecule has 2 nitrogen and oxygen atoms in total. The van der Waals surface area contributed by atoms with Crippen molar-refractivity contribution in [1.29, 1.82) is 0 Å². The van der Waals surface area contributed by atoms with E-state index in [1.54, 1.807) is 0 Å². The molecule has 88 valence electrons. The number of nitrogens with two attached hydrogens (primary N) is 1. The van der Waals surface area contributed by atoms with Gasteiger partial charge in [0.05, 0.1) is 0 Å². The first kappa shape index (κ1) is 11.4. The first-order valence-corrected chi connectivity index (χ1v) is 6.46. The Hall–Kier alpha value is -0.0800. The third kappa shape index (κ3) is 2.73. The van der Waals surface area contributed by atoms with Crippen molar-refractivity contribution in [3.63, 3.8) is 0 Å². The lowest BCUT2D eigenvalue weighted by molar-refractivity contribution is 0.0812. The molecule has 0 amide bonds. The van der Waals surface area contributed by atoms with E-state index in [9.17, 15) is 0 Å². The summed E-state index contributed by atoms with van der Waals surface area (Å²) < 4.78 is 0. The molecule has 2 fully saturated rings. The Morgan fingerprint density at radius 1 is 1.27 bits per heavy atom. The van der Waals surface area contributed by atoms with Gasteiger partial charge in [-0.25, -0.2) is 0 Å². The van der Waals surface area contributed by atoms with Crippen LogP contribution in [0.15, 0.2) is 0 Å². The van der Waals surface area contributed by atoms with Crippen molar-refractivity contribution in [2.75, 3.05) is 13.1 Å². The summed E-state index contributed by atoms with van der Waals surface area (Å²) in [7, 11) is 0. The van der Waals surface area contributed by atoms with Crippen LogP contribution in [0.2, 0.25) is 0 Å². The molecule has 1 heterocycles. The topological polar surface area (TPSA) is 29.3 Å². The van der Waals surface area contributed by atoms with Crippen LogP contribution in [-0.4, -0.2) is 30.1 Å². The molecular weight excluding hydrogens is 184 g/mol. The first-order chi connectivity index (χ1) is 6.96. The summed E-state index contributed by atoms with van der Waals surface area (Å²) in [6, 6.07) is 1.24. The predicted octanol–water partition coefficient (Wildman–Crippen LogP) is 2.23. The van der Waals surface area contributed by atoms with Gasteiger partial charge in [0, 0.05) is 25.2 Å². The Morgan fingerprint density at radius 2 is 2.00 bits per heavy atom.